The number of halogens is 3. The van der Waals surface area contributed by atoms with Crippen LogP contribution in [0.2, 0.25) is 0 Å². The number of hydrogen-bond donors (Lipinski definition) is 0. The number of fused-ring (bicyclic) bond motifs is 1. The Morgan fingerprint density at radius 3 is 2.42 bits per heavy atom. The van der Waals surface area contributed by atoms with Crippen molar-refractivity contribution in [3.8, 4) is 28.3 Å². The summed E-state index contributed by atoms with van der Waals surface area (Å²) in [6.07, 6.45) is -2.96. The van der Waals surface area contributed by atoms with E-state index in [-0.39, 0.29) is 12.4 Å². The zero-order valence-corrected chi connectivity index (χ0v) is 16.3. The third-order valence-electron chi connectivity index (χ3n) is 4.46. The highest BCUT2D eigenvalue weighted by Gasteiger charge is 2.31. The number of pyridine rings is 1. The smallest absolute Gasteiger partial charge is 0.462 e. The Labute approximate surface area is 174 Å². The average Bonchev–Trinajstić information content (AvgIpc) is 3.17. The van der Waals surface area contributed by atoms with Gasteiger partial charge < -0.3 is 9.47 Å². The number of rotatable bonds is 5. The number of aromatic nitrogens is 3. The Morgan fingerprint density at radius 2 is 1.71 bits per heavy atom. The van der Waals surface area contributed by atoms with Crippen LogP contribution in [0.25, 0.3) is 28.2 Å². The molecule has 2 aromatic heterocycles. The maximum atomic E-state index is 12.4. The highest BCUT2D eigenvalue weighted by atomic mass is 19.4. The van der Waals surface area contributed by atoms with Crippen LogP contribution >= 0.6 is 0 Å². The number of nitrogens with zero attached hydrogens (tertiary/aromatic N) is 3. The Hall–Kier alpha value is -3.88. The molecule has 0 saturated heterocycles. The quantitative estimate of drug-likeness (QED) is 0.413. The summed E-state index contributed by atoms with van der Waals surface area (Å²) < 4.78 is 47.8. The van der Waals surface area contributed by atoms with Crippen molar-refractivity contribution in [1.29, 1.82) is 0 Å². The first kappa shape index (κ1) is 20.4. The van der Waals surface area contributed by atoms with Gasteiger partial charge in [-0.25, -0.2) is 4.79 Å². The van der Waals surface area contributed by atoms with Gasteiger partial charge in [-0.1, -0.05) is 24.3 Å². The topological polar surface area (TPSA) is 65.7 Å². The Kier molecular flexibility index (Phi) is 5.33. The molecule has 0 bridgehead atoms. The number of carbonyl (C=O) groups excluding carboxylic acids is 1. The van der Waals surface area contributed by atoms with E-state index in [1.54, 1.807) is 53.9 Å². The lowest BCUT2D eigenvalue weighted by atomic mass is 10.1. The Balaban J connectivity index is 1.69. The molecule has 0 radical (unpaired) electrons. The lowest BCUT2D eigenvalue weighted by Gasteiger charge is -2.10. The maximum Gasteiger partial charge on any atom is 0.573 e. The van der Waals surface area contributed by atoms with Gasteiger partial charge in [0.1, 0.15) is 5.75 Å². The lowest BCUT2D eigenvalue weighted by Crippen LogP contribution is -2.16. The number of benzene rings is 2. The predicted octanol–water partition coefficient (Wildman–Crippen LogP) is 5.14. The van der Waals surface area contributed by atoms with Crippen LogP contribution < -0.4 is 4.74 Å². The van der Waals surface area contributed by atoms with Crippen LogP contribution in [0.5, 0.6) is 5.75 Å². The molecule has 0 atom stereocenters. The van der Waals surface area contributed by atoms with Crippen molar-refractivity contribution in [3.05, 3.63) is 72.4 Å². The van der Waals surface area contributed by atoms with E-state index in [1.165, 1.54) is 24.3 Å². The molecule has 6 nitrogen and oxygen atoms in total. The minimum atomic E-state index is -4.74. The highest BCUT2D eigenvalue weighted by molar-refractivity contribution is 5.90. The van der Waals surface area contributed by atoms with Crippen molar-refractivity contribution in [2.24, 2.45) is 0 Å². The summed E-state index contributed by atoms with van der Waals surface area (Å²) in [5.74, 6) is -0.210. The monoisotopic (exact) mass is 427 g/mol. The van der Waals surface area contributed by atoms with Crippen LogP contribution in [0.1, 0.15) is 17.3 Å². The van der Waals surface area contributed by atoms with E-state index in [2.05, 4.69) is 14.9 Å². The fraction of sp³-hybridized carbons (Fsp3) is 0.136. The fourth-order valence-corrected chi connectivity index (χ4v) is 3.11. The van der Waals surface area contributed by atoms with E-state index in [0.717, 1.165) is 5.56 Å². The molecule has 0 spiro atoms. The van der Waals surface area contributed by atoms with Crippen LogP contribution in [-0.2, 0) is 4.74 Å². The van der Waals surface area contributed by atoms with Gasteiger partial charge in [0.05, 0.1) is 12.2 Å². The third-order valence-corrected chi connectivity index (χ3v) is 4.46. The van der Waals surface area contributed by atoms with Crippen LogP contribution in [0.15, 0.2) is 66.9 Å². The molecule has 31 heavy (non-hydrogen) atoms. The van der Waals surface area contributed by atoms with E-state index in [1.807, 2.05) is 0 Å². The molecule has 0 N–H and O–H groups in total. The first-order chi connectivity index (χ1) is 14.8. The number of alkyl halides is 3. The van der Waals surface area contributed by atoms with Gasteiger partial charge in [-0.3, -0.25) is 4.40 Å². The van der Waals surface area contributed by atoms with Gasteiger partial charge in [-0.2, -0.15) is 0 Å². The molecule has 0 aliphatic carbocycles. The van der Waals surface area contributed by atoms with Gasteiger partial charge in [-0.15, -0.1) is 23.4 Å². The van der Waals surface area contributed by atoms with Gasteiger partial charge in [0, 0.05) is 11.8 Å². The molecule has 0 aliphatic heterocycles. The molecule has 0 unspecified atom stereocenters. The van der Waals surface area contributed by atoms with E-state index in [9.17, 15) is 18.0 Å². The summed E-state index contributed by atoms with van der Waals surface area (Å²) in [6, 6.07) is 16.0. The van der Waals surface area contributed by atoms with Crippen molar-refractivity contribution in [3.63, 3.8) is 0 Å². The van der Waals surface area contributed by atoms with Crippen molar-refractivity contribution < 1.29 is 27.4 Å². The Morgan fingerprint density at radius 1 is 0.968 bits per heavy atom. The molecule has 0 fully saturated rings. The minimum Gasteiger partial charge on any atom is -0.462 e. The number of carbonyl (C=O) groups is 1. The van der Waals surface area contributed by atoms with Crippen molar-refractivity contribution in [1.82, 2.24) is 14.6 Å². The molecular formula is C22H16F3N3O3. The summed E-state index contributed by atoms with van der Waals surface area (Å²) in [5, 5.41) is 8.36. The SMILES string of the molecule is CCOC(=O)c1cccc(-c2nnc3ccc(-c4ccc(OC(F)(F)F)cc4)cn23)c1. The number of ether oxygens (including phenoxy) is 2. The maximum absolute atomic E-state index is 12.4. The molecule has 4 rings (SSSR count). The fourth-order valence-electron chi connectivity index (χ4n) is 3.11. The molecule has 0 amide bonds. The van der Waals surface area contributed by atoms with E-state index in [0.29, 0.717) is 28.2 Å². The highest BCUT2D eigenvalue weighted by Crippen LogP contribution is 2.28. The van der Waals surface area contributed by atoms with Gasteiger partial charge >= 0.3 is 12.3 Å². The van der Waals surface area contributed by atoms with Crippen LogP contribution in [0.3, 0.4) is 0 Å². The minimum absolute atomic E-state index is 0.271. The number of hydrogen-bond acceptors (Lipinski definition) is 5. The second kappa shape index (κ2) is 8.10. The van der Waals surface area contributed by atoms with E-state index >= 15 is 0 Å². The third kappa shape index (κ3) is 4.50. The first-order valence-corrected chi connectivity index (χ1v) is 9.32. The van der Waals surface area contributed by atoms with E-state index in [4.69, 9.17) is 4.74 Å². The Bertz CT molecular complexity index is 1230. The first-order valence-electron chi connectivity index (χ1n) is 9.32. The molecule has 0 aliphatic rings. The average molecular weight is 427 g/mol. The van der Waals surface area contributed by atoms with Gasteiger partial charge in [0.25, 0.3) is 0 Å². The van der Waals surface area contributed by atoms with Crippen molar-refractivity contribution in [2.45, 2.75) is 13.3 Å². The van der Waals surface area contributed by atoms with Gasteiger partial charge in [0.15, 0.2) is 11.5 Å². The molecule has 4 aromatic rings. The second-order valence-electron chi connectivity index (χ2n) is 6.54. The van der Waals surface area contributed by atoms with Crippen molar-refractivity contribution in [2.75, 3.05) is 6.61 Å². The molecule has 158 valence electrons. The summed E-state index contributed by atoms with van der Waals surface area (Å²) in [6.45, 7) is 2.00. The van der Waals surface area contributed by atoms with Gasteiger partial charge in [0.2, 0.25) is 0 Å². The lowest BCUT2D eigenvalue weighted by molar-refractivity contribution is -0.274. The van der Waals surface area contributed by atoms with E-state index < -0.39 is 12.3 Å². The standard InChI is InChI=1S/C22H16F3N3O3/c1-2-30-21(29)16-5-3-4-15(12-16)20-27-26-19-11-8-17(13-28(19)20)14-6-9-18(10-7-14)31-22(23,24)25/h3-13H,2H2,1H3. The van der Waals surface area contributed by atoms with Crippen molar-refractivity contribution >= 4 is 11.6 Å². The zero-order chi connectivity index (χ0) is 22.0. The second-order valence-corrected chi connectivity index (χ2v) is 6.54. The molecule has 9 heteroatoms. The summed E-state index contributed by atoms with van der Waals surface area (Å²) >= 11 is 0. The molecule has 2 aromatic carbocycles. The van der Waals surface area contributed by atoms with Crippen LogP contribution in [0.4, 0.5) is 13.2 Å². The summed E-state index contributed by atoms with van der Waals surface area (Å²) in [7, 11) is 0. The molecule has 0 saturated carbocycles. The van der Waals surface area contributed by atoms with Gasteiger partial charge in [-0.05, 0) is 54.4 Å². The van der Waals surface area contributed by atoms with Crippen LogP contribution in [-0.4, -0.2) is 33.5 Å². The number of esters is 1. The summed E-state index contributed by atoms with van der Waals surface area (Å²) in [4.78, 5) is 12.0. The molecule has 2 heterocycles. The largest absolute Gasteiger partial charge is 0.573 e. The normalized spacial score (nSPS) is 11.5. The summed E-state index contributed by atoms with van der Waals surface area (Å²) in [5.41, 5.74) is 3.08. The predicted molar refractivity (Wildman–Crippen MR) is 106 cm³/mol. The zero-order valence-electron chi connectivity index (χ0n) is 16.3. The molecular weight excluding hydrogens is 411 g/mol. The van der Waals surface area contributed by atoms with Crippen LogP contribution in [0, 0.1) is 0 Å².